The van der Waals surface area contributed by atoms with Crippen molar-refractivity contribution in [2.75, 3.05) is 12.8 Å². The van der Waals surface area contributed by atoms with Crippen molar-refractivity contribution in [2.45, 2.75) is 25.0 Å². The number of imidazole rings is 1. The third-order valence-corrected chi connectivity index (χ3v) is 4.54. The number of aryl methyl sites for hydroxylation is 1. The van der Waals surface area contributed by atoms with Crippen molar-refractivity contribution in [3.8, 4) is 0 Å². The number of H-pyrrole nitrogens is 2. The Bertz CT molecular complexity index is 861. The van der Waals surface area contributed by atoms with E-state index in [0.717, 1.165) is 29.1 Å². The number of carbonyl (C=O) groups is 1. The lowest BCUT2D eigenvalue weighted by atomic mass is 10.3. The van der Waals surface area contributed by atoms with Crippen molar-refractivity contribution in [1.82, 2.24) is 30.0 Å². The molecule has 3 rings (SSSR count). The van der Waals surface area contributed by atoms with Crippen molar-refractivity contribution in [3.05, 3.63) is 34.9 Å². The fourth-order valence-electron chi connectivity index (χ4n) is 2.16. The van der Waals surface area contributed by atoms with Crippen LogP contribution in [0.4, 0.5) is 0 Å². The third-order valence-electron chi connectivity index (χ3n) is 3.48. The lowest BCUT2D eigenvalue weighted by molar-refractivity contribution is -0.127. The number of amides is 1. The summed E-state index contributed by atoms with van der Waals surface area (Å²) >= 11 is 7.28. The zero-order valence-corrected chi connectivity index (χ0v) is 14.9. The molecule has 0 spiro atoms. The number of rotatable bonds is 6. The number of nitrogens with one attached hydrogen (secondary N) is 2. The molecule has 0 fully saturated rings. The van der Waals surface area contributed by atoms with Gasteiger partial charge in [-0.1, -0.05) is 30.3 Å². The van der Waals surface area contributed by atoms with Crippen LogP contribution in [0.1, 0.15) is 18.6 Å². The highest BCUT2D eigenvalue weighted by Crippen LogP contribution is 2.18. The van der Waals surface area contributed by atoms with E-state index < -0.39 is 0 Å². The Morgan fingerprint density at radius 1 is 1.33 bits per heavy atom. The predicted molar refractivity (Wildman–Crippen MR) is 94.1 cm³/mol. The fourth-order valence-corrected chi connectivity index (χ4v) is 3.09. The van der Waals surface area contributed by atoms with Gasteiger partial charge in [-0.05, 0) is 18.2 Å². The quantitative estimate of drug-likeness (QED) is 0.656. The van der Waals surface area contributed by atoms with Crippen LogP contribution in [0.5, 0.6) is 0 Å². The first-order chi connectivity index (χ1) is 11.5. The van der Waals surface area contributed by atoms with Crippen LogP contribution in [-0.4, -0.2) is 48.8 Å². The van der Waals surface area contributed by atoms with Crippen LogP contribution in [-0.2, 0) is 17.8 Å². The first-order valence-corrected chi connectivity index (χ1v) is 8.83. The molecule has 1 aromatic carbocycles. The van der Waals surface area contributed by atoms with Crippen LogP contribution in [0, 0.1) is 0 Å². The molecule has 126 valence electrons. The molecule has 0 radical (unpaired) electrons. The van der Waals surface area contributed by atoms with E-state index in [1.54, 1.807) is 18.0 Å². The van der Waals surface area contributed by atoms with Crippen LogP contribution in [0.2, 0.25) is 5.02 Å². The molecule has 0 saturated heterocycles. The molecule has 7 nitrogen and oxygen atoms in total. The molecule has 0 unspecified atom stereocenters. The maximum absolute atomic E-state index is 12.2. The van der Waals surface area contributed by atoms with Gasteiger partial charge in [-0.15, -0.1) is 5.10 Å². The number of aromatic amines is 2. The number of halogens is 1. The average molecular weight is 365 g/mol. The van der Waals surface area contributed by atoms with Crippen molar-refractivity contribution in [2.24, 2.45) is 0 Å². The molecule has 9 heteroatoms. The summed E-state index contributed by atoms with van der Waals surface area (Å²) in [5.41, 5.74) is 1.69. The summed E-state index contributed by atoms with van der Waals surface area (Å²) in [6.07, 6.45) is 0.789. The van der Waals surface area contributed by atoms with Gasteiger partial charge in [0.1, 0.15) is 11.6 Å². The van der Waals surface area contributed by atoms with E-state index in [0.29, 0.717) is 16.7 Å². The van der Waals surface area contributed by atoms with E-state index in [1.165, 1.54) is 11.8 Å². The molecular formula is C15H17ClN6OS. The largest absolute Gasteiger partial charge is 0.340 e. The number of fused-ring (bicyclic) bond motifs is 1. The second-order valence-corrected chi connectivity index (χ2v) is 6.68. The minimum absolute atomic E-state index is 0.0127. The maximum Gasteiger partial charge on any atom is 0.233 e. The molecular weight excluding hydrogens is 348 g/mol. The van der Waals surface area contributed by atoms with E-state index >= 15 is 0 Å². The number of benzene rings is 1. The highest BCUT2D eigenvalue weighted by atomic mass is 35.5. The Labute approximate surface area is 148 Å². The summed E-state index contributed by atoms with van der Waals surface area (Å²) in [6.45, 7) is 2.40. The Balaban J connectivity index is 1.58. The normalized spacial score (nSPS) is 11.1. The number of hydrogen-bond donors (Lipinski definition) is 2. The fraction of sp³-hybridized carbons (Fsp3) is 0.333. The molecule has 0 aliphatic carbocycles. The van der Waals surface area contributed by atoms with Crippen molar-refractivity contribution in [1.29, 1.82) is 0 Å². The predicted octanol–water partition coefficient (Wildman–Crippen LogP) is 2.65. The standard InChI is InChI=1S/C15H17ClN6OS/c1-3-12-19-15(21-20-12)24-8-14(23)22(2)7-13-17-10-5-4-9(16)6-11(10)18-13/h4-6H,3,7-8H2,1-2H3,(H,17,18)(H,19,20,21). The van der Waals surface area contributed by atoms with Gasteiger partial charge < -0.3 is 9.88 Å². The van der Waals surface area contributed by atoms with Crippen molar-refractivity contribution in [3.63, 3.8) is 0 Å². The minimum atomic E-state index is -0.0127. The average Bonchev–Trinajstić information content (AvgIpc) is 3.17. The molecule has 0 atom stereocenters. The van der Waals surface area contributed by atoms with Crippen LogP contribution < -0.4 is 0 Å². The maximum atomic E-state index is 12.2. The third kappa shape index (κ3) is 3.88. The highest BCUT2D eigenvalue weighted by Gasteiger charge is 2.14. The first-order valence-electron chi connectivity index (χ1n) is 7.47. The van der Waals surface area contributed by atoms with Gasteiger partial charge in [-0.3, -0.25) is 9.89 Å². The molecule has 0 saturated carbocycles. The van der Waals surface area contributed by atoms with Crippen LogP contribution in [0.15, 0.2) is 23.4 Å². The van der Waals surface area contributed by atoms with E-state index in [9.17, 15) is 4.79 Å². The molecule has 2 N–H and O–H groups in total. The summed E-state index contributed by atoms with van der Waals surface area (Å²) in [5, 5.41) is 8.14. The zero-order valence-electron chi connectivity index (χ0n) is 13.3. The van der Waals surface area contributed by atoms with E-state index in [-0.39, 0.29) is 11.7 Å². The van der Waals surface area contributed by atoms with E-state index in [2.05, 4.69) is 25.1 Å². The Morgan fingerprint density at radius 3 is 2.92 bits per heavy atom. The van der Waals surface area contributed by atoms with Gasteiger partial charge in [0.25, 0.3) is 0 Å². The molecule has 2 heterocycles. The van der Waals surface area contributed by atoms with Gasteiger partial charge >= 0.3 is 0 Å². The summed E-state index contributed by atoms with van der Waals surface area (Å²) in [5.74, 6) is 1.81. The zero-order chi connectivity index (χ0) is 17.1. The van der Waals surface area contributed by atoms with Crippen LogP contribution >= 0.6 is 23.4 Å². The topological polar surface area (TPSA) is 90.6 Å². The first kappa shape index (κ1) is 16.8. The summed E-state index contributed by atoms with van der Waals surface area (Å²) in [7, 11) is 1.75. The minimum Gasteiger partial charge on any atom is -0.340 e. The van der Waals surface area contributed by atoms with Crippen LogP contribution in [0.25, 0.3) is 11.0 Å². The summed E-state index contributed by atoms with van der Waals surface area (Å²) in [4.78, 5) is 25.8. The second kappa shape index (κ2) is 7.23. The molecule has 3 aromatic rings. The number of aromatic nitrogens is 5. The molecule has 24 heavy (non-hydrogen) atoms. The number of hydrogen-bond acceptors (Lipinski definition) is 5. The Kier molecular flexibility index (Phi) is 5.06. The van der Waals surface area contributed by atoms with Gasteiger partial charge in [0.2, 0.25) is 11.1 Å². The Morgan fingerprint density at radius 2 is 2.17 bits per heavy atom. The molecule has 2 aromatic heterocycles. The van der Waals surface area contributed by atoms with Crippen molar-refractivity contribution >= 4 is 40.3 Å². The number of carbonyl (C=O) groups excluding carboxylic acids is 1. The van der Waals surface area contributed by atoms with E-state index in [4.69, 9.17) is 11.6 Å². The molecule has 0 aliphatic rings. The van der Waals surface area contributed by atoms with Gasteiger partial charge in [-0.25, -0.2) is 9.97 Å². The molecule has 0 bridgehead atoms. The molecule has 0 aliphatic heterocycles. The van der Waals surface area contributed by atoms with Gasteiger partial charge in [0, 0.05) is 18.5 Å². The molecule has 1 amide bonds. The van der Waals surface area contributed by atoms with Gasteiger partial charge in [0.05, 0.1) is 23.3 Å². The van der Waals surface area contributed by atoms with Crippen LogP contribution in [0.3, 0.4) is 0 Å². The summed E-state index contributed by atoms with van der Waals surface area (Å²) < 4.78 is 0. The second-order valence-electron chi connectivity index (χ2n) is 5.30. The number of nitrogens with zero attached hydrogens (tertiary/aromatic N) is 4. The monoisotopic (exact) mass is 364 g/mol. The lowest BCUT2D eigenvalue weighted by Crippen LogP contribution is -2.28. The van der Waals surface area contributed by atoms with Gasteiger partial charge in [0.15, 0.2) is 0 Å². The SMILES string of the molecule is CCc1nc(SCC(=O)N(C)Cc2nc3ccc(Cl)cc3[nH]2)n[nH]1. The number of thioether (sulfide) groups is 1. The van der Waals surface area contributed by atoms with Crippen molar-refractivity contribution < 1.29 is 4.79 Å². The lowest BCUT2D eigenvalue weighted by Gasteiger charge is -2.14. The Hall–Kier alpha value is -2.06. The highest BCUT2D eigenvalue weighted by molar-refractivity contribution is 7.99. The summed E-state index contributed by atoms with van der Waals surface area (Å²) in [6, 6.07) is 5.46. The smallest absolute Gasteiger partial charge is 0.233 e. The van der Waals surface area contributed by atoms with E-state index in [1.807, 2.05) is 19.1 Å². The van der Waals surface area contributed by atoms with Gasteiger partial charge in [-0.2, -0.15) is 0 Å².